The van der Waals surface area contributed by atoms with Crippen LogP contribution in [0.5, 0.6) is 0 Å². The van der Waals surface area contributed by atoms with Crippen molar-refractivity contribution in [1.82, 2.24) is 14.7 Å². The zero-order valence-corrected chi connectivity index (χ0v) is 9.82. The van der Waals surface area contributed by atoms with E-state index >= 15 is 0 Å². The van der Waals surface area contributed by atoms with Crippen LogP contribution in [0.25, 0.3) is 0 Å². The molecule has 82 valence electrons. The highest BCUT2D eigenvalue weighted by molar-refractivity contribution is 5.23. The van der Waals surface area contributed by atoms with Crippen molar-refractivity contribution in [2.24, 2.45) is 0 Å². The first-order valence-electron chi connectivity index (χ1n) is 5.86. The topological polar surface area (TPSA) is 21.1 Å². The summed E-state index contributed by atoms with van der Waals surface area (Å²) in [6, 6.07) is 0.721. The lowest BCUT2D eigenvalue weighted by molar-refractivity contribution is 0.134. The SMILES string of the molecule is CC(C)(C)N1Cc2cn(C3CC3)nc2C1. The second kappa shape index (κ2) is 2.85. The molecule has 1 aliphatic heterocycles. The largest absolute Gasteiger partial charge is 0.288 e. The standard InChI is InChI=1S/C12H19N3/c1-12(2,3)14-6-9-7-15(10-4-5-10)13-11(9)8-14/h7,10H,4-6,8H2,1-3H3. The van der Waals surface area contributed by atoms with E-state index < -0.39 is 0 Å². The minimum absolute atomic E-state index is 0.262. The Balaban J connectivity index is 1.80. The van der Waals surface area contributed by atoms with Gasteiger partial charge in [0.25, 0.3) is 0 Å². The fraction of sp³-hybridized carbons (Fsp3) is 0.750. The average molecular weight is 205 g/mol. The third kappa shape index (κ3) is 1.59. The molecule has 3 heteroatoms. The van der Waals surface area contributed by atoms with E-state index in [4.69, 9.17) is 5.10 Å². The first kappa shape index (κ1) is 9.40. The monoisotopic (exact) mass is 205 g/mol. The van der Waals surface area contributed by atoms with E-state index in [1.807, 2.05) is 0 Å². The molecule has 0 saturated heterocycles. The molecule has 15 heavy (non-hydrogen) atoms. The Hall–Kier alpha value is -0.830. The van der Waals surface area contributed by atoms with Crippen LogP contribution < -0.4 is 0 Å². The van der Waals surface area contributed by atoms with Crippen molar-refractivity contribution in [3.63, 3.8) is 0 Å². The van der Waals surface area contributed by atoms with E-state index in [-0.39, 0.29) is 5.54 Å². The molecule has 1 fully saturated rings. The third-order valence-corrected chi connectivity index (χ3v) is 3.47. The van der Waals surface area contributed by atoms with Crippen LogP contribution in [0.15, 0.2) is 6.20 Å². The number of hydrogen-bond acceptors (Lipinski definition) is 2. The van der Waals surface area contributed by atoms with Gasteiger partial charge in [0.1, 0.15) is 0 Å². The van der Waals surface area contributed by atoms with Crippen molar-refractivity contribution in [3.05, 3.63) is 17.5 Å². The summed E-state index contributed by atoms with van der Waals surface area (Å²) in [5.41, 5.74) is 3.01. The number of fused-ring (bicyclic) bond motifs is 1. The van der Waals surface area contributed by atoms with E-state index in [1.54, 1.807) is 0 Å². The fourth-order valence-electron chi connectivity index (χ4n) is 2.17. The molecule has 1 aliphatic carbocycles. The lowest BCUT2D eigenvalue weighted by Crippen LogP contribution is -2.37. The molecular weight excluding hydrogens is 186 g/mol. The molecule has 0 N–H and O–H groups in total. The average Bonchev–Trinajstić information content (AvgIpc) is 2.74. The summed E-state index contributed by atoms with van der Waals surface area (Å²) < 4.78 is 2.19. The minimum atomic E-state index is 0.262. The Morgan fingerprint density at radius 2 is 2.00 bits per heavy atom. The summed E-state index contributed by atoms with van der Waals surface area (Å²) in [6.45, 7) is 8.92. The van der Waals surface area contributed by atoms with Gasteiger partial charge in [-0.1, -0.05) is 0 Å². The third-order valence-electron chi connectivity index (χ3n) is 3.47. The van der Waals surface area contributed by atoms with Crippen LogP contribution in [-0.4, -0.2) is 20.2 Å². The van der Waals surface area contributed by atoms with Gasteiger partial charge in [0, 0.05) is 30.4 Å². The number of aromatic nitrogens is 2. The molecule has 0 amide bonds. The van der Waals surface area contributed by atoms with Crippen molar-refractivity contribution in [2.45, 2.75) is 58.3 Å². The maximum atomic E-state index is 4.69. The Labute approximate surface area is 91.1 Å². The highest BCUT2D eigenvalue weighted by Gasteiger charge is 2.32. The van der Waals surface area contributed by atoms with Crippen LogP contribution in [0.2, 0.25) is 0 Å². The molecule has 2 heterocycles. The molecule has 1 aromatic heterocycles. The number of nitrogens with zero attached hydrogens (tertiary/aromatic N) is 3. The van der Waals surface area contributed by atoms with Gasteiger partial charge >= 0.3 is 0 Å². The first-order chi connectivity index (χ1) is 7.04. The fourth-order valence-corrected chi connectivity index (χ4v) is 2.17. The molecule has 1 saturated carbocycles. The molecule has 0 bridgehead atoms. The van der Waals surface area contributed by atoms with E-state index in [1.165, 1.54) is 24.1 Å². The van der Waals surface area contributed by atoms with Crippen LogP contribution in [0.3, 0.4) is 0 Å². The Morgan fingerprint density at radius 3 is 2.53 bits per heavy atom. The van der Waals surface area contributed by atoms with Crippen molar-refractivity contribution >= 4 is 0 Å². The molecule has 2 aliphatic rings. The molecule has 3 nitrogen and oxygen atoms in total. The van der Waals surface area contributed by atoms with Crippen molar-refractivity contribution in [2.75, 3.05) is 0 Å². The minimum Gasteiger partial charge on any atom is -0.288 e. The quantitative estimate of drug-likeness (QED) is 0.701. The van der Waals surface area contributed by atoms with Gasteiger partial charge in [-0.2, -0.15) is 5.10 Å². The normalized spacial score (nSPS) is 22.1. The maximum absolute atomic E-state index is 4.69. The molecule has 0 unspecified atom stereocenters. The van der Waals surface area contributed by atoms with Crippen LogP contribution in [0.1, 0.15) is 50.9 Å². The zero-order chi connectivity index (χ0) is 10.6. The summed E-state index contributed by atoms with van der Waals surface area (Å²) in [5.74, 6) is 0. The highest BCUT2D eigenvalue weighted by Crippen LogP contribution is 2.36. The molecule has 3 rings (SSSR count). The first-order valence-corrected chi connectivity index (χ1v) is 5.86. The van der Waals surface area contributed by atoms with Crippen molar-refractivity contribution < 1.29 is 0 Å². The second-order valence-corrected chi connectivity index (χ2v) is 5.84. The van der Waals surface area contributed by atoms with Gasteiger partial charge in [-0.05, 0) is 33.6 Å². The Bertz CT molecular complexity index is 359. The molecule has 1 aromatic rings. The summed E-state index contributed by atoms with van der Waals surface area (Å²) in [4.78, 5) is 2.49. The van der Waals surface area contributed by atoms with E-state index in [0.29, 0.717) is 0 Å². The van der Waals surface area contributed by atoms with Crippen LogP contribution in [-0.2, 0) is 13.1 Å². The van der Waals surface area contributed by atoms with Crippen molar-refractivity contribution in [1.29, 1.82) is 0 Å². The van der Waals surface area contributed by atoms with Gasteiger partial charge < -0.3 is 0 Å². The van der Waals surface area contributed by atoms with Gasteiger partial charge in [0.15, 0.2) is 0 Å². The zero-order valence-electron chi connectivity index (χ0n) is 9.82. The van der Waals surface area contributed by atoms with Crippen molar-refractivity contribution in [3.8, 4) is 0 Å². The van der Waals surface area contributed by atoms with Gasteiger partial charge in [-0.3, -0.25) is 9.58 Å². The van der Waals surface area contributed by atoms with Gasteiger partial charge in [-0.15, -0.1) is 0 Å². The molecule has 0 radical (unpaired) electrons. The number of hydrogen-bond donors (Lipinski definition) is 0. The van der Waals surface area contributed by atoms with Crippen LogP contribution in [0.4, 0.5) is 0 Å². The molecule has 0 atom stereocenters. The summed E-state index contributed by atoms with van der Waals surface area (Å²) in [7, 11) is 0. The lowest BCUT2D eigenvalue weighted by Gasteiger charge is -2.31. The van der Waals surface area contributed by atoms with Crippen LogP contribution >= 0.6 is 0 Å². The van der Waals surface area contributed by atoms with Gasteiger partial charge in [0.2, 0.25) is 0 Å². The van der Waals surface area contributed by atoms with E-state index in [2.05, 4.69) is 36.5 Å². The smallest absolute Gasteiger partial charge is 0.0810 e. The van der Waals surface area contributed by atoms with Gasteiger partial charge in [0.05, 0.1) is 11.7 Å². The molecular formula is C12H19N3. The van der Waals surface area contributed by atoms with E-state index in [9.17, 15) is 0 Å². The predicted octanol–water partition coefficient (Wildman–Crippen LogP) is 2.33. The van der Waals surface area contributed by atoms with Crippen LogP contribution in [0, 0.1) is 0 Å². The summed E-state index contributed by atoms with van der Waals surface area (Å²) in [6.07, 6.45) is 4.91. The second-order valence-electron chi connectivity index (χ2n) is 5.84. The van der Waals surface area contributed by atoms with Gasteiger partial charge in [-0.25, -0.2) is 0 Å². The molecule has 0 spiro atoms. The molecule has 0 aromatic carbocycles. The number of rotatable bonds is 1. The maximum Gasteiger partial charge on any atom is 0.0810 e. The summed E-state index contributed by atoms with van der Waals surface area (Å²) >= 11 is 0. The highest BCUT2D eigenvalue weighted by atomic mass is 15.3. The Kier molecular flexibility index (Phi) is 1.78. The summed E-state index contributed by atoms with van der Waals surface area (Å²) in [5, 5.41) is 4.69. The van der Waals surface area contributed by atoms with E-state index in [0.717, 1.165) is 19.1 Å². The lowest BCUT2D eigenvalue weighted by atomic mass is 10.1. The Morgan fingerprint density at radius 1 is 1.27 bits per heavy atom. The predicted molar refractivity (Wildman–Crippen MR) is 59.5 cm³/mol.